The molecule has 1 saturated carbocycles. The average molecular weight is 216 g/mol. The molecule has 1 saturated heterocycles. The first-order chi connectivity index (χ1) is 6.50. The lowest BCUT2D eigenvalue weighted by Gasteiger charge is -2.60. The van der Waals surface area contributed by atoms with Gasteiger partial charge in [0.15, 0.2) is 0 Å². The van der Waals surface area contributed by atoms with Crippen molar-refractivity contribution in [3.05, 3.63) is 0 Å². The van der Waals surface area contributed by atoms with Crippen LogP contribution in [0.1, 0.15) is 45.4 Å². The van der Waals surface area contributed by atoms with E-state index in [-0.39, 0.29) is 0 Å². The van der Waals surface area contributed by atoms with Gasteiger partial charge in [-0.05, 0) is 60.9 Å². The van der Waals surface area contributed by atoms with Gasteiger partial charge in [0.25, 0.3) is 0 Å². The van der Waals surface area contributed by atoms with Crippen molar-refractivity contribution in [2.75, 3.05) is 24.0 Å². The van der Waals surface area contributed by atoms with E-state index >= 15 is 0 Å². The van der Waals surface area contributed by atoms with Gasteiger partial charge in [-0.15, -0.1) is 0 Å². The number of thiol groups is 1. The molecule has 1 aliphatic carbocycles. The minimum Gasteiger partial charge on any atom is -0.285 e. The Labute approximate surface area is 90.1 Å². The quantitative estimate of drug-likeness (QED) is 0.669. The van der Waals surface area contributed by atoms with Crippen LogP contribution in [0, 0.1) is 5.92 Å². The fraction of sp³-hybridized carbons (Fsp3) is 1.00. The minimum atomic E-state index is -1.26. The van der Waals surface area contributed by atoms with E-state index in [4.69, 9.17) is 0 Å². The van der Waals surface area contributed by atoms with E-state index in [1.165, 1.54) is 25.7 Å². The Morgan fingerprint density at radius 2 is 1.71 bits per heavy atom. The average Bonchev–Trinajstić information content (AvgIpc) is 2.86. The standard InChI is InChI=1S/C13H28S/c1-12-7-5-4-6-10-14(12,2,3)11-13-8-9-13/h12-14H,4-11H2,1-3H3. The van der Waals surface area contributed by atoms with E-state index in [2.05, 4.69) is 19.4 Å². The zero-order valence-electron chi connectivity index (χ0n) is 10.3. The highest BCUT2D eigenvalue weighted by Crippen LogP contribution is 2.71. The summed E-state index contributed by atoms with van der Waals surface area (Å²) in [4.78, 5) is 0. The molecule has 1 unspecified atom stereocenters. The smallest absolute Gasteiger partial charge is 0.0271 e. The minimum absolute atomic E-state index is 1.06. The summed E-state index contributed by atoms with van der Waals surface area (Å²) in [5, 5.41) is 1.06. The van der Waals surface area contributed by atoms with Crippen LogP contribution >= 0.6 is 9.16 Å². The molecule has 1 heteroatoms. The zero-order valence-corrected chi connectivity index (χ0v) is 11.2. The maximum atomic E-state index is 2.71. The lowest BCUT2D eigenvalue weighted by Crippen LogP contribution is -2.33. The fourth-order valence-corrected chi connectivity index (χ4v) is 8.70. The maximum absolute atomic E-state index is 2.71. The van der Waals surface area contributed by atoms with Gasteiger partial charge in [0.1, 0.15) is 0 Å². The van der Waals surface area contributed by atoms with Gasteiger partial charge in [0.2, 0.25) is 0 Å². The van der Waals surface area contributed by atoms with Gasteiger partial charge in [0.05, 0.1) is 0 Å². The number of hydrogen-bond acceptors (Lipinski definition) is 0. The maximum Gasteiger partial charge on any atom is -0.0271 e. The van der Waals surface area contributed by atoms with Crippen molar-refractivity contribution >= 4 is 9.16 Å². The van der Waals surface area contributed by atoms with E-state index in [0.29, 0.717) is 0 Å². The van der Waals surface area contributed by atoms with Crippen LogP contribution in [0.15, 0.2) is 0 Å². The molecule has 14 heavy (non-hydrogen) atoms. The van der Waals surface area contributed by atoms with Gasteiger partial charge in [0, 0.05) is 0 Å². The van der Waals surface area contributed by atoms with Gasteiger partial charge >= 0.3 is 0 Å². The Morgan fingerprint density at radius 3 is 2.36 bits per heavy atom. The molecule has 1 aliphatic heterocycles. The molecule has 0 aromatic carbocycles. The Balaban J connectivity index is 2.13. The topological polar surface area (TPSA) is 0 Å². The Hall–Kier alpha value is 0.350. The van der Waals surface area contributed by atoms with Gasteiger partial charge < -0.3 is 0 Å². The second-order valence-corrected chi connectivity index (χ2v) is 14.2. The summed E-state index contributed by atoms with van der Waals surface area (Å²) in [7, 11) is -1.26. The summed E-state index contributed by atoms with van der Waals surface area (Å²) in [5.41, 5.74) is 0. The normalized spacial score (nSPS) is 39.4. The molecule has 0 nitrogen and oxygen atoms in total. The molecule has 2 rings (SSSR count). The molecule has 0 amide bonds. The third-order valence-electron chi connectivity index (χ3n) is 5.07. The second kappa shape index (κ2) is 3.43. The van der Waals surface area contributed by atoms with Crippen LogP contribution in [0.3, 0.4) is 0 Å². The Kier molecular flexibility index (Phi) is 2.66. The summed E-state index contributed by atoms with van der Waals surface area (Å²) < 4.78 is 0. The molecular formula is C13H28S. The molecule has 0 aromatic rings. The van der Waals surface area contributed by atoms with Crippen molar-refractivity contribution in [1.29, 1.82) is 0 Å². The lowest BCUT2D eigenvalue weighted by molar-refractivity contribution is 0.684. The molecule has 1 atom stereocenters. The van der Waals surface area contributed by atoms with Crippen LogP contribution in [0.25, 0.3) is 0 Å². The van der Waals surface area contributed by atoms with Gasteiger partial charge in [-0.25, -0.2) is 0 Å². The lowest BCUT2D eigenvalue weighted by atomic mass is 10.2. The highest BCUT2D eigenvalue weighted by atomic mass is 32.3. The third-order valence-corrected chi connectivity index (χ3v) is 11.8. The molecule has 0 bridgehead atoms. The first-order valence-electron chi connectivity index (χ1n) is 6.50. The first-order valence-corrected chi connectivity index (χ1v) is 10.1. The number of rotatable bonds is 2. The Bertz CT molecular complexity index is 215. The Morgan fingerprint density at radius 1 is 1.00 bits per heavy atom. The SMILES string of the molecule is CC1CCCCC[SH]1(C)(C)CC1CC1. The van der Waals surface area contributed by atoms with Crippen molar-refractivity contribution in [3.63, 3.8) is 0 Å². The van der Waals surface area contributed by atoms with Crippen molar-refractivity contribution in [3.8, 4) is 0 Å². The second-order valence-electron chi connectivity index (χ2n) is 6.87. The molecule has 86 valence electrons. The van der Waals surface area contributed by atoms with Crippen LogP contribution in [0.4, 0.5) is 0 Å². The van der Waals surface area contributed by atoms with Crippen LogP contribution in [0.5, 0.6) is 0 Å². The summed E-state index contributed by atoms with van der Waals surface area (Å²) in [6.07, 6.45) is 14.6. The molecule has 0 radical (unpaired) electrons. The predicted molar refractivity (Wildman–Crippen MR) is 71.2 cm³/mol. The van der Waals surface area contributed by atoms with Crippen LogP contribution in [-0.4, -0.2) is 29.3 Å². The van der Waals surface area contributed by atoms with Crippen LogP contribution in [-0.2, 0) is 0 Å². The van der Waals surface area contributed by atoms with E-state index in [1.807, 2.05) is 0 Å². The van der Waals surface area contributed by atoms with Gasteiger partial charge in [-0.3, -0.25) is 9.16 Å². The molecular weight excluding hydrogens is 188 g/mol. The molecule has 0 N–H and O–H groups in total. The third kappa shape index (κ3) is 2.13. The molecule has 1 heterocycles. The van der Waals surface area contributed by atoms with E-state index in [1.54, 1.807) is 24.3 Å². The fourth-order valence-electron chi connectivity index (χ4n) is 3.33. The predicted octanol–water partition coefficient (Wildman–Crippen LogP) is 3.69. The molecule has 0 spiro atoms. The summed E-state index contributed by atoms with van der Waals surface area (Å²) in [6.45, 7) is 2.56. The van der Waals surface area contributed by atoms with Gasteiger partial charge in [-0.1, -0.05) is 19.8 Å². The largest absolute Gasteiger partial charge is 0.285 e. The summed E-state index contributed by atoms with van der Waals surface area (Å²) in [6, 6.07) is 0. The van der Waals surface area contributed by atoms with Crippen LogP contribution in [0.2, 0.25) is 0 Å². The van der Waals surface area contributed by atoms with Crippen molar-refractivity contribution in [2.45, 2.75) is 50.7 Å². The highest BCUT2D eigenvalue weighted by molar-refractivity contribution is 8.49. The first kappa shape index (κ1) is 10.9. The van der Waals surface area contributed by atoms with E-state index in [9.17, 15) is 0 Å². The zero-order chi connectivity index (χ0) is 10.3. The molecule has 2 fully saturated rings. The van der Waals surface area contributed by atoms with Crippen molar-refractivity contribution in [2.24, 2.45) is 5.92 Å². The summed E-state index contributed by atoms with van der Waals surface area (Å²) in [5.74, 6) is 4.37. The van der Waals surface area contributed by atoms with Crippen molar-refractivity contribution < 1.29 is 0 Å². The monoisotopic (exact) mass is 216 g/mol. The van der Waals surface area contributed by atoms with E-state index in [0.717, 1.165) is 11.2 Å². The molecule has 0 aromatic heterocycles. The highest BCUT2D eigenvalue weighted by Gasteiger charge is 2.42. The van der Waals surface area contributed by atoms with Gasteiger partial charge in [-0.2, -0.15) is 0 Å². The van der Waals surface area contributed by atoms with Crippen molar-refractivity contribution in [1.82, 2.24) is 0 Å². The molecule has 2 aliphatic rings. The number of hydrogen-bond donors (Lipinski definition) is 1. The summed E-state index contributed by atoms with van der Waals surface area (Å²) >= 11 is 0. The van der Waals surface area contributed by atoms with Crippen LogP contribution < -0.4 is 0 Å². The van der Waals surface area contributed by atoms with E-state index < -0.39 is 9.16 Å².